The molecule has 22 heavy (non-hydrogen) atoms. The van der Waals surface area contributed by atoms with Crippen LogP contribution >= 0.6 is 0 Å². The summed E-state index contributed by atoms with van der Waals surface area (Å²) in [5.41, 5.74) is -0.677. The Hall–Kier alpha value is -3.42. The molecule has 1 aromatic carbocycles. The van der Waals surface area contributed by atoms with Gasteiger partial charge in [-0.3, -0.25) is 9.78 Å². The second-order valence-electron chi connectivity index (χ2n) is 4.22. The van der Waals surface area contributed by atoms with Gasteiger partial charge in [0, 0.05) is 18.1 Å². The third-order valence-electron chi connectivity index (χ3n) is 2.78. The van der Waals surface area contributed by atoms with E-state index in [1.54, 1.807) is 0 Å². The number of rotatable bonds is 4. The summed E-state index contributed by atoms with van der Waals surface area (Å²) in [6, 6.07) is 4.71. The Bertz CT molecular complexity index is 772. The van der Waals surface area contributed by atoms with Crippen LogP contribution in [-0.2, 0) is 0 Å². The number of hydrogen-bond donors (Lipinski definition) is 4. The number of hydrogen-bond acceptors (Lipinski definition) is 5. The summed E-state index contributed by atoms with van der Waals surface area (Å²) in [5.74, 6) is -3.85. The summed E-state index contributed by atoms with van der Waals surface area (Å²) in [7, 11) is 0. The lowest BCUT2D eigenvalue weighted by atomic mass is 10.1. The molecule has 0 saturated carbocycles. The number of amides is 1. The van der Waals surface area contributed by atoms with E-state index in [1.807, 2.05) is 0 Å². The van der Waals surface area contributed by atoms with E-state index in [1.165, 1.54) is 18.3 Å². The fraction of sp³-hybridized carbons (Fsp3) is 0. The van der Waals surface area contributed by atoms with Crippen molar-refractivity contribution in [2.75, 3.05) is 5.32 Å². The summed E-state index contributed by atoms with van der Waals surface area (Å²) >= 11 is 0. The molecule has 0 unspecified atom stereocenters. The summed E-state index contributed by atoms with van der Waals surface area (Å²) in [5, 5.41) is 29.7. The zero-order valence-electron chi connectivity index (χ0n) is 11.0. The fourth-order valence-electron chi connectivity index (χ4n) is 1.75. The van der Waals surface area contributed by atoms with E-state index in [0.29, 0.717) is 0 Å². The van der Waals surface area contributed by atoms with Gasteiger partial charge in [-0.25, -0.2) is 9.59 Å². The van der Waals surface area contributed by atoms with E-state index in [2.05, 4.69) is 10.3 Å². The van der Waals surface area contributed by atoms with Crippen molar-refractivity contribution >= 4 is 23.5 Å². The minimum Gasteiger partial charge on any atom is -0.507 e. The molecule has 1 heterocycles. The largest absolute Gasteiger partial charge is 0.507 e. The number of benzene rings is 1. The van der Waals surface area contributed by atoms with Crippen LogP contribution in [0.5, 0.6) is 5.75 Å². The molecule has 8 nitrogen and oxygen atoms in total. The monoisotopic (exact) mass is 302 g/mol. The number of aromatic nitrogens is 1. The number of aromatic carboxylic acids is 2. The predicted octanol–water partition coefficient (Wildman–Crippen LogP) is 1.44. The molecule has 112 valence electrons. The highest BCUT2D eigenvalue weighted by Crippen LogP contribution is 2.22. The summed E-state index contributed by atoms with van der Waals surface area (Å²) in [4.78, 5) is 37.7. The molecule has 1 aromatic heterocycles. The number of aromatic hydroxyl groups is 1. The van der Waals surface area contributed by atoms with Crippen LogP contribution in [0.25, 0.3) is 0 Å². The minimum atomic E-state index is -1.36. The van der Waals surface area contributed by atoms with Gasteiger partial charge in [-0.15, -0.1) is 0 Å². The lowest BCUT2D eigenvalue weighted by Crippen LogP contribution is -2.17. The Morgan fingerprint density at radius 2 is 1.64 bits per heavy atom. The van der Waals surface area contributed by atoms with Gasteiger partial charge in [-0.2, -0.15) is 0 Å². The third kappa shape index (κ3) is 3.01. The summed E-state index contributed by atoms with van der Waals surface area (Å²) in [6.07, 6.45) is 2.30. The smallest absolute Gasteiger partial charge is 0.339 e. The lowest BCUT2D eigenvalue weighted by Gasteiger charge is -2.08. The van der Waals surface area contributed by atoms with Crippen molar-refractivity contribution in [3.8, 4) is 5.75 Å². The van der Waals surface area contributed by atoms with Gasteiger partial charge in [-0.05, 0) is 24.3 Å². The standard InChI is InChI=1S/C14H10N2O6/c17-11-2-1-7(5-9(11)13(19)20)16-12(18)8-3-4-15-6-10(8)14(21)22/h1-6,17H,(H,16,18)(H,19,20)(H,21,22). The van der Waals surface area contributed by atoms with Crippen molar-refractivity contribution in [2.24, 2.45) is 0 Å². The Kier molecular flexibility index (Phi) is 4.03. The quantitative estimate of drug-likeness (QED) is 0.627. The van der Waals surface area contributed by atoms with Crippen molar-refractivity contribution in [2.45, 2.75) is 0 Å². The van der Waals surface area contributed by atoms with Crippen LogP contribution in [0.1, 0.15) is 31.1 Å². The van der Waals surface area contributed by atoms with Gasteiger partial charge in [0.15, 0.2) is 0 Å². The van der Waals surface area contributed by atoms with Crippen LogP contribution in [0.4, 0.5) is 5.69 Å². The number of pyridine rings is 1. The van der Waals surface area contributed by atoms with Crippen molar-refractivity contribution in [1.82, 2.24) is 4.98 Å². The van der Waals surface area contributed by atoms with E-state index in [-0.39, 0.29) is 22.4 Å². The highest BCUT2D eigenvalue weighted by molar-refractivity contribution is 6.10. The molecule has 0 saturated heterocycles. The molecule has 2 aromatic rings. The molecule has 0 bridgehead atoms. The van der Waals surface area contributed by atoms with Gasteiger partial charge in [0.25, 0.3) is 5.91 Å². The van der Waals surface area contributed by atoms with E-state index in [4.69, 9.17) is 10.2 Å². The Morgan fingerprint density at radius 1 is 0.955 bits per heavy atom. The average molecular weight is 302 g/mol. The van der Waals surface area contributed by atoms with Gasteiger partial charge in [0.2, 0.25) is 0 Å². The van der Waals surface area contributed by atoms with Crippen LogP contribution in [-0.4, -0.2) is 38.1 Å². The third-order valence-corrected chi connectivity index (χ3v) is 2.78. The molecule has 2 rings (SSSR count). The van der Waals surface area contributed by atoms with Crippen molar-refractivity contribution < 1.29 is 29.7 Å². The maximum Gasteiger partial charge on any atom is 0.339 e. The number of nitrogens with zero attached hydrogens (tertiary/aromatic N) is 1. The van der Waals surface area contributed by atoms with E-state index >= 15 is 0 Å². The molecule has 0 atom stereocenters. The maximum absolute atomic E-state index is 12.1. The van der Waals surface area contributed by atoms with Gasteiger partial charge >= 0.3 is 11.9 Å². The second-order valence-corrected chi connectivity index (χ2v) is 4.22. The van der Waals surface area contributed by atoms with Crippen molar-refractivity contribution in [1.29, 1.82) is 0 Å². The molecule has 0 aliphatic carbocycles. The van der Waals surface area contributed by atoms with Crippen molar-refractivity contribution in [3.63, 3.8) is 0 Å². The van der Waals surface area contributed by atoms with Gasteiger partial charge in [0.1, 0.15) is 11.3 Å². The molecule has 0 aliphatic rings. The molecular formula is C14H10N2O6. The maximum atomic E-state index is 12.1. The molecule has 0 aliphatic heterocycles. The van der Waals surface area contributed by atoms with E-state index < -0.39 is 23.6 Å². The molecular weight excluding hydrogens is 292 g/mol. The minimum absolute atomic E-state index is 0.105. The molecule has 0 spiro atoms. The Morgan fingerprint density at radius 3 is 2.27 bits per heavy atom. The number of carbonyl (C=O) groups is 3. The molecule has 1 amide bonds. The lowest BCUT2D eigenvalue weighted by molar-refractivity contribution is 0.0683. The molecule has 0 radical (unpaired) electrons. The van der Waals surface area contributed by atoms with E-state index in [0.717, 1.165) is 18.3 Å². The normalized spacial score (nSPS) is 10.0. The zero-order chi connectivity index (χ0) is 16.3. The number of nitrogens with one attached hydrogen (secondary N) is 1. The van der Waals surface area contributed by atoms with Crippen molar-refractivity contribution in [3.05, 3.63) is 53.3 Å². The summed E-state index contributed by atoms with van der Waals surface area (Å²) < 4.78 is 0. The van der Waals surface area contributed by atoms with Gasteiger partial charge in [0.05, 0.1) is 11.1 Å². The first-order valence-electron chi connectivity index (χ1n) is 5.95. The van der Waals surface area contributed by atoms with Gasteiger partial charge in [-0.1, -0.05) is 0 Å². The van der Waals surface area contributed by atoms with Crippen LogP contribution in [0.15, 0.2) is 36.7 Å². The number of phenols is 1. The molecule has 0 fully saturated rings. The topological polar surface area (TPSA) is 137 Å². The number of carboxylic acids is 2. The fourth-order valence-corrected chi connectivity index (χ4v) is 1.75. The first-order valence-corrected chi connectivity index (χ1v) is 5.95. The number of anilines is 1. The molecule has 4 N–H and O–H groups in total. The van der Waals surface area contributed by atoms with Crippen LogP contribution in [0, 0.1) is 0 Å². The van der Waals surface area contributed by atoms with Crippen LogP contribution in [0.3, 0.4) is 0 Å². The predicted molar refractivity (Wildman–Crippen MR) is 74.2 cm³/mol. The molecule has 8 heteroatoms. The highest BCUT2D eigenvalue weighted by Gasteiger charge is 2.17. The van der Waals surface area contributed by atoms with Crippen LogP contribution in [0.2, 0.25) is 0 Å². The highest BCUT2D eigenvalue weighted by atomic mass is 16.4. The van der Waals surface area contributed by atoms with Crippen LogP contribution < -0.4 is 5.32 Å². The van der Waals surface area contributed by atoms with Gasteiger partial charge < -0.3 is 20.6 Å². The first-order chi connectivity index (χ1) is 10.4. The van der Waals surface area contributed by atoms with E-state index in [9.17, 15) is 19.5 Å². The number of carbonyl (C=O) groups excluding carboxylic acids is 1. The summed E-state index contributed by atoms with van der Waals surface area (Å²) in [6.45, 7) is 0. The first kappa shape index (κ1) is 15.0. The Labute approximate surface area is 123 Å². The SMILES string of the molecule is O=C(O)c1cc(NC(=O)c2ccncc2C(=O)O)ccc1O. The average Bonchev–Trinajstić information content (AvgIpc) is 2.48. The second kappa shape index (κ2) is 5.92. The zero-order valence-corrected chi connectivity index (χ0v) is 11.0. The number of carboxylic acid groups (broad SMARTS) is 2. The Balaban J connectivity index is 2.32.